The van der Waals surface area contributed by atoms with Crippen LogP contribution < -0.4 is 4.90 Å². The lowest BCUT2D eigenvalue weighted by Crippen LogP contribution is -2.34. The van der Waals surface area contributed by atoms with E-state index in [1.807, 2.05) is 6.20 Å². The van der Waals surface area contributed by atoms with Gasteiger partial charge in [-0.2, -0.15) is 0 Å². The van der Waals surface area contributed by atoms with E-state index in [0.717, 1.165) is 17.9 Å². The molecule has 2 rings (SSSR count). The Kier molecular flexibility index (Phi) is 3.93. The molecule has 0 aliphatic carbocycles. The molecule has 3 heteroatoms. The van der Waals surface area contributed by atoms with Crippen molar-refractivity contribution in [2.75, 3.05) is 11.4 Å². The van der Waals surface area contributed by atoms with Crippen molar-refractivity contribution in [1.29, 1.82) is 0 Å². The molecule has 1 unspecified atom stereocenters. The van der Waals surface area contributed by atoms with E-state index in [1.165, 1.54) is 18.4 Å². The molecule has 0 saturated carbocycles. The highest BCUT2D eigenvalue weighted by Crippen LogP contribution is 2.30. The molecular weight excluding hydrogens is 232 g/mol. The number of aromatic nitrogens is 1. The summed E-state index contributed by atoms with van der Waals surface area (Å²) >= 11 is 5.84. The predicted octanol–water partition coefficient (Wildman–Crippen LogP) is 3.75. The molecule has 0 amide bonds. The summed E-state index contributed by atoms with van der Waals surface area (Å²) in [5.74, 6) is 2.38. The maximum Gasteiger partial charge on any atom is 0.131 e. The molecule has 0 aromatic carbocycles. The average Bonchev–Trinajstić information content (AvgIpc) is 2.77. The zero-order valence-corrected chi connectivity index (χ0v) is 11.7. The van der Waals surface area contributed by atoms with Gasteiger partial charge in [0.1, 0.15) is 5.82 Å². The first-order valence-electron chi connectivity index (χ1n) is 6.41. The van der Waals surface area contributed by atoms with Gasteiger partial charge >= 0.3 is 0 Å². The lowest BCUT2D eigenvalue weighted by atomic mass is 10.0. The van der Waals surface area contributed by atoms with Crippen LogP contribution in [0.25, 0.3) is 0 Å². The van der Waals surface area contributed by atoms with Gasteiger partial charge in [-0.05, 0) is 42.9 Å². The van der Waals surface area contributed by atoms with Crippen molar-refractivity contribution in [3.8, 4) is 0 Å². The second-order valence-electron chi connectivity index (χ2n) is 5.26. The third-order valence-corrected chi connectivity index (χ3v) is 3.91. The molecule has 1 aromatic heterocycles. The van der Waals surface area contributed by atoms with Crippen molar-refractivity contribution in [1.82, 2.24) is 4.98 Å². The summed E-state index contributed by atoms with van der Waals surface area (Å²) in [6.45, 7) is 7.86. The van der Waals surface area contributed by atoms with Crippen LogP contribution in [-0.4, -0.2) is 17.6 Å². The Hall–Kier alpha value is -0.760. The second kappa shape index (κ2) is 5.26. The maximum atomic E-state index is 5.84. The molecule has 1 atom stereocenters. The summed E-state index contributed by atoms with van der Waals surface area (Å²) < 4.78 is 0. The first kappa shape index (κ1) is 12.7. The number of aryl methyl sites for hydroxylation is 1. The monoisotopic (exact) mass is 252 g/mol. The number of rotatable bonds is 3. The molecule has 1 aromatic rings. The highest BCUT2D eigenvalue weighted by molar-refractivity contribution is 6.17. The number of hydrogen-bond donors (Lipinski definition) is 0. The second-order valence-corrected chi connectivity index (χ2v) is 5.53. The smallest absolute Gasteiger partial charge is 0.131 e. The van der Waals surface area contributed by atoms with E-state index in [1.54, 1.807) is 0 Å². The van der Waals surface area contributed by atoms with Crippen molar-refractivity contribution >= 4 is 17.4 Å². The first-order chi connectivity index (χ1) is 8.13. The largest absolute Gasteiger partial charge is 0.353 e. The topological polar surface area (TPSA) is 16.1 Å². The minimum Gasteiger partial charge on any atom is -0.353 e. The molecular formula is C14H21ClN2. The van der Waals surface area contributed by atoms with Crippen molar-refractivity contribution in [2.45, 2.75) is 45.5 Å². The molecule has 0 radical (unpaired) electrons. The van der Waals surface area contributed by atoms with Gasteiger partial charge in [0.2, 0.25) is 0 Å². The first-order valence-corrected chi connectivity index (χ1v) is 6.95. The van der Waals surface area contributed by atoms with Crippen LogP contribution in [0.1, 0.15) is 37.8 Å². The number of alkyl halides is 1. The van der Waals surface area contributed by atoms with Crippen LogP contribution in [0, 0.1) is 12.8 Å². The van der Waals surface area contributed by atoms with Crippen LogP contribution in [0.3, 0.4) is 0 Å². The van der Waals surface area contributed by atoms with Gasteiger partial charge in [0.25, 0.3) is 0 Å². The number of hydrogen-bond acceptors (Lipinski definition) is 2. The summed E-state index contributed by atoms with van der Waals surface area (Å²) in [5.41, 5.74) is 2.35. The summed E-state index contributed by atoms with van der Waals surface area (Å²) in [5, 5.41) is 0. The van der Waals surface area contributed by atoms with Gasteiger partial charge in [-0.3, -0.25) is 0 Å². The Balaban J connectivity index is 2.27. The third kappa shape index (κ3) is 2.57. The van der Waals surface area contributed by atoms with Crippen LogP contribution in [0.4, 0.5) is 5.82 Å². The zero-order valence-electron chi connectivity index (χ0n) is 10.9. The fourth-order valence-corrected chi connectivity index (χ4v) is 2.89. The Morgan fingerprint density at radius 2 is 2.29 bits per heavy atom. The molecule has 1 aliphatic rings. The van der Waals surface area contributed by atoms with Crippen molar-refractivity contribution < 1.29 is 0 Å². The van der Waals surface area contributed by atoms with Gasteiger partial charge in [-0.25, -0.2) is 4.98 Å². The van der Waals surface area contributed by atoms with Gasteiger partial charge in [-0.1, -0.05) is 13.8 Å². The molecule has 1 saturated heterocycles. The van der Waals surface area contributed by atoms with E-state index in [2.05, 4.69) is 36.7 Å². The highest BCUT2D eigenvalue weighted by Gasteiger charge is 2.28. The van der Waals surface area contributed by atoms with Gasteiger partial charge in [-0.15, -0.1) is 11.6 Å². The lowest BCUT2D eigenvalue weighted by Gasteiger charge is -2.30. The normalized spacial score (nSPS) is 20.3. The van der Waals surface area contributed by atoms with Crippen molar-refractivity contribution in [2.24, 2.45) is 5.92 Å². The van der Waals surface area contributed by atoms with Gasteiger partial charge in [0.05, 0.1) is 0 Å². The minimum atomic E-state index is 0.543. The molecule has 1 aliphatic heterocycles. The third-order valence-electron chi connectivity index (χ3n) is 3.60. The van der Waals surface area contributed by atoms with Crippen LogP contribution in [0.5, 0.6) is 0 Å². The van der Waals surface area contributed by atoms with E-state index in [0.29, 0.717) is 17.8 Å². The molecule has 17 heavy (non-hydrogen) atoms. The van der Waals surface area contributed by atoms with Crippen molar-refractivity contribution in [3.63, 3.8) is 0 Å². The summed E-state index contributed by atoms with van der Waals surface area (Å²) in [6.07, 6.45) is 4.47. The quantitative estimate of drug-likeness (QED) is 0.762. The molecule has 0 N–H and O–H groups in total. The Morgan fingerprint density at radius 3 is 2.88 bits per heavy atom. The number of halogens is 1. The summed E-state index contributed by atoms with van der Waals surface area (Å²) in [4.78, 5) is 7.08. The maximum absolute atomic E-state index is 5.84. The van der Waals surface area contributed by atoms with Crippen LogP contribution in [-0.2, 0) is 5.88 Å². The molecule has 2 heterocycles. The Bertz CT molecular complexity index is 390. The van der Waals surface area contributed by atoms with Gasteiger partial charge < -0.3 is 4.90 Å². The molecule has 94 valence electrons. The molecule has 2 nitrogen and oxygen atoms in total. The lowest BCUT2D eigenvalue weighted by molar-refractivity contribution is 0.489. The average molecular weight is 253 g/mol. The standard InChI is InChI=1S/C14H21ClN2/c1-10(2)13-5-4-6-17(13)14-11(3)7-12(8-15)9-16-14/h7,9-10,13H,4-6,8H2,1-3H3. The summed E-state index contributed by atoms with van der Waals surface area (Å²) in [7, 11) is 0. The van der Waals surface area contributed by atoms with Crippen LogP contribution >= 0.6 is 11.6 Å². The van der Waals surface area contributed by atoms with E-state index in [9.17, 15) is 0 Å². The predicted molar refractivity (Wildman–Crippen MR) is 73.7 cm³/mol. The van der Waals surface area contributed by atoms with E-state index < -0.39 is 0 Å². The summed E-state index contributed by atoms with van der Waals surface area (Å²) in [6, 6.07) is 2.80. The molecule has 0 spiro atoms. The zero-order chi connectivity index (χ0) is 12.4. The Labute approximate surface area is 109 Å². The molecule has 0 bridgehead atoms. The van der Waals surface area contributed by atoms with E-state index in [-0.39, 0.29) is 0 Å². The van der Waals surface area contributed by atoms with Crippen molar-refractivity contribution in [3.05, 3.63) is 23.4 Å². The number of pyridine rings is 1. The van der Waals surface area contributed by atoms with E-state index >= 15 is 0 Å². The SMILES string of the molecule is Cc1cc(CCl)cnc1N1CCCC1C(C)C. The van der Waals surface area contributed by atoms with Crippen LogP contribution in [0.2, 0.25) is 0 Å². The van der Waals surface area contributed by atoms with Gasteiger partial charge in [0, 0.05) is 24.7 Å². The van der Waals surface area contributed by atoms with Gasteiger partial charge in [0.15, 0.2) is 0 Å². The number of nitrogens with zero attached hydrogens (tertiary/aromatic N) is 2. The minimum absolute atomic E-state index is 0.543. The number of anilines is 1. The molecule has 1 fully saturated rings. The fraction of sp³-hybridized carbons (Fsp3) is 0.643. The Morgan fingerprint density at radius 1 is 1.53 bits per heavy atom. The van der Waals surface area contributed by atoms with Crippen LogP contribution in [0.15, 0.2) is 12.3 Å². The fourth-order valence-electron chi connectivity index (χ4n) is 2.75. The van der Waals surface area contributed by atoms with E-state index in [4.69, 9.17) is 11.6 Å². The highest BCUT2D eigenvalue weighted by atomic mass is 35.5.